The molecule has 19 heavy (non-hydrogen) atoms. The summed E-state index contributed by atoms with van der Waals surface area (Å²) in [5, 5.41) is 0. The van der Waals surface area contributed by atoms with Crippen molar-refractivity contribution in [2.45, 2.75) is 55.4 Å². The fraction of sp³-hybridized carbons (Fsp3) is 0.929. The molecule has 0 amide bonds. The highest BCUT2D eigenvalue weighted by Crippen LogP contribution is 2.52. The van der Waals surface area contributed by atoms with Crippen LogP contribution in [0.3, 0.4) is 0 Å². The van der Waals surface area contributed by atoms with Crippen LogP contribution in [0.5, 0.6) is 0 Å². The Kier molecular flexibility index (Phi) is 6.45. The van der Waals surface area contributed by atoms with Crippen molar-refractivity contribution in [3.63, 3.8) is 0 Å². The first-order valence-corrected chi connectivity index (χ1v) is 8.25. The molecule has 0 N–H and O–H groups in total. The Morgan fingerprint density at radius 3 is 1.47 bits per heavy atom. The van der Waals surface area contributed by atoms with Crippen LogP contribution >= 0.6 is 7.60 Å². The molecule has 0 radical (unpaired) electrons. The summed E-state index contributed by atoms with van der Waals surface area (Å²) in [5.41, 5.74) is -0.781. The van der Waals surface area contributed by atoms with Gasteiger partial charge in [-0.3, -0.25) is 9.36 Å². The molecular formula is C14H29O4P. The van der Waals surface area contributed by atoms with Crippen LogP contribution in [-0.2, 0) is 18.4 Å². The number of hydrogen-bond acceptors (Lipinski definition) is 4. The van der Waals surface area contributed by atoms with E-state index < -0.39 is 13.1 Å². The minimum atomic E-state index is -3.70. The largest absolute Gasteiger partial charge is 0.396 e. The third kappa shape index (κ3) is 7.86. The van der Waals surface area contributed by atoms with Gasteiger partial charge in [0.25, 0.3) is 0 Å². The van der Waals surface area contributed by atoms with E-state index in [9.17, 15) is 9.36 Å². The first kappa shape index (κ1) is 18.8. The minimum absolute atomic E-state index is 0.169. The standard InChI is InChI=1S/C14H29O4P/c1-11(2)12(15)19(16,17-9-13(3,4)5)18-10-14(6,7)8/h11H,9-10H2,1-8H3. The van der Waals surface area contributed by atoms with Crippen LogP contribution in [0, 0.1) is 16.7 Å². The van der Waals surface area contributed by atoms with Gasteiger partial charge in [0, 0.05) is 5.92 Å². The van der Waals surface area contributed by atoms with Gasteiger partial charge < -0.3 is 9.05 Å². The zero-order chi connectivity index (χ0) is 15.5. The van der Waals surface area contributed by atoms with E-state index in [2.05, 4.69) is 0 Å². The predicted octanol–water partition coefficient (Wildman–Crippen LogP) is 4.49. The maximum atomic E-state index is 12.7. The quantitative estimate of drug-likeness (QED) is 0.677. The van der Waals surface area contributed by atoms with E-state index in [4.69, 9.17) is 9.05 Å². The molecule has 0 aliphatic carbocycles. The Morgan fingerprint density at radius 2 is 1.26 bits per heavy atom. The van der Waals surface area contributed by atoms with E-state index >= 15 is 0 Å². The fourth-order valence-corrected chi connectivity index (χ4v) is 3.11. The summed E-state index contributed by atoms with van der Waals surface area (Å²) >= 11 is 0. The topological polar surface area (TPSA) is 52.6 Å². The highest BCUT2D eigenvalue weighted by Gasteiger charge is 2.38. The highest BCUT2D eigenvalue weighted by atomic mass is 31.2. The van der Waals surface area contributed by atoms with E-state index in [-0.39, 0.29) is 30.0 Å². The van der Waals surface area contributed by atoms with Crippen LogP contribution in [0.15, 0.2) is 0 Å². The Labute approximate surface area is 117 Å². The van der Waals surface area contributed by atoms with E-state index in [1.165, 1.54) is 0 Å². The predicted molar refractivity (Wildman–Crippen MR) is 78.3 cm³/mol. The Hall–Kier alpha value is -0.180. The van der Waals surface area contributed by atoms with Gasteiger partial charge in [-0.05, 0) is 10.8 Å². The molecule has 0 rings (SSSR count). The minimum Gasteiger partial charge on any atom is -0.303 e. The molecule has 0 atom stereocenters. The van der Waals surface area contributed by atoms with Crippen molar-refractivity contribution in [3.05, 3.63) is 0 Å². The zero-order valence-corrected chi connectivity index (χ0v) is 14.5. The molecule has 0 aromatic rings. The summed E-state index contributed by atoms with van der Waals surface area (Å²) in [6.07, 6.45) is 0. The number of hydrogen-bond donors (Lipinski definition) is 0. The number of carbonyl (C=O) groups is 1. The fourth-order valence-electron chi connectivity index (χ4n) is 1.04. The average Bonchev–Trinajstić information content (AvgIpc) is 2.20. The lowest BCUT2D eigenvalue weighted by atomic mass is 9.99. The van der Waals surface area contributed by atoms with Gasteiger partial charge in [-0.1, -0.05) is 55.4 Å². The lowest BCUT2D eigenvalue weighted by Crippen LogP contribution is -2.22. The lowest BCUT2D eigenvalue weighted by Gasteiger charge is -2.26. The smallest absolute Gasteiger partial charge is 0.303 e. The number of carbonyl (C=O) groups excluding carboxylic acids is 1. The van der Waals surface area contributed by atoms with Crippen molar-refractivity contribution in [2.24, 2.45) is 16.7 Å². The second kappa shape index (κ2) is 6.51. The summed E-state index contributed by atoms with van der Waals surface area (Å²) < 4.78 is 23.4. The first-order chi connectivity index (χ1) is 8.27. The summed E-state index contributed by atoms with van der Waals surface area (Å²) in [6, 6.07) is 0. The molecule has 4 nitrogen and oxygen atoms in total. The van der Waals surface area contributed by atoms with Crippen molar-refractivity contribution < 1.29 is 18.4 Å². The maximum Gasteiger partial charge on any atom is 0.396 e. The van der Waals surface area contributed by atoms with Gasteiger partial charge >= 0.3 is 7.60 Å². The van der Waals surface area contributed by atoms with Gasteiger partial charge in [-0.15, -0.1) is 0 Å². The molecule has 0 aliphatic heterocycles. The molecule has 114 valence electrons. The summed E-state index contributed by atoms with van der Waals surface area (Å²) in [6.45, 7) is 15.6. The molecule has 0 bridgehead atoms. The SMILES string of the molecule is CC(C)C(=O)P(=O)(OCC(C)(C)C)OCC(C)(C)C. The lowest BCUT2D eigenvalue weighted by molar-refractivity contribution is -0.116. The van der Waals surface area contributed by atoms with Gasteiger partial charge in [-0.25, -0.2) is 0 Å². The second-order valence-corrected chi connectivity index (χ2v) is 9.61. The third-order valence-corrected chi connectivity index (χ3v) is 4.09. The summed E-state index contributed by atoms with van der Waals surface area (Å²) in [7, 11) is -3.70. The molecule has 0 fully saturated rings. The van der Waals surface area contributed by atoms with Gasteiger partial charge in [-0.2, -0.15) is 0 Å². The monoisotopic (exact) mass is 292 g/mol. The van der Waals surface area contributed by atoms with E-state index in [1.54, 1.807) is 13.8 Å². The molecule has 0 saturated carbocycles. The van der Waals surface area contributed by atoms with E-state index in [1.807, 2.05) is 41.5 Å². The van der Waals surface area contributed by atoms with Gasteiger partial charge in [0.05, 0.1) is 13.2 Å². The van der Waals surface area contributed by atoms with Crippen molar-refractivity contribution in [1.29, 1.82) is 0 Å². The van der Waals surface area contributed by atoms with Gasteiger partial charge in [0.1, 0.15) is 0 Å². The summed E-state index contributed by atoms with van der Waals surface area (Å²) in [5.74, 6) is -0.370. The Morgan fingerprint density at radius 1 is 0.947 bits per heavy atom. The van der Waals surface area contributed by atoms with Gasteiger partial charge in [0.2, 0.25) is 5.52 Å². The van der Waals surface area contributed by atoms with E-state index in [0.717, 1.165) is 0 Å². The molecular weight excluding hydrogens is 263 g/mol. The van der Waals surface area contributed by atoms with E-state index in [0.29, 0.717) is 0 Å². The van der Waals surface area contributed by atoms with Crippen molar-refractivity contribution in [2.75, 3.05) is 13.2 Å². The third-order valence-electron chi connectivity index (χ3n) is 2.10. The maximum absolute atomic E-state index is 12.7. The molecule has 0 heterocycles. The molecule has 0 aliphatic rings. The van der Waals surface area contributed by atoms with Crippen LogP contribution in [0.25, 0.3) is 0 Å². The van der Waals surface area contributed by atoms with Crippen LogP contribution in [-0.4, -0.2) is 18.7 Å². The molecule has 0 aromatic heterocycles. The normalized spacial score (nSPS) is 13.9. The van der Waals surface area contributed by atoms with Crippen LogP contribution in [0.2, 0.25) is 0 Å². The highest BCUT2D eigenvalue weighted by molar-refractivity contribution is 7.71. The molecule has 0 aromatic carbocycles. The number of rotatable bonds is 6. The Bertz CT molecular complexity index is 325. The Balaban J connectivity index is 4.93. The van der Waals surface area contributed by atoms with Gasteiger partial charge in [0.15, 0.2) is 0 Å². The van der Waals surface area contributed by atoms with Crippen molar-refractivity contribution in [1.82, 2.24) is 0 Å². The average molecular weight is 292 g/mol. The molecule has 5 heteroatoms. The van der Waals surface area contributed by atoms with Crippen LogP contribution in [0.4, 0.5) is 0 Å². The summed E-state index contributed by atoms with van der Waals surface area (Å²) in [4.78, 5) is 12.1. The first-order valence-electron chi connectivity index (χ1n) is 6.70. The molecule has 0 saturated heterocycles. The molecule has 0 unspecified atom stereocenters. The zero-order valence-electron chi connectivity index (χ0n) is 13.6. The van der Waals surface area contributed by atoms with Crippen LogP contribution in [0.1, 0.15) is 55.4 Å². The van der Waals surface area contributed by atoms with Crippen molar-refractivity contribution in [3.8, 4) is 0 Å². The van der Waals surface area contributed by atoms with Crippen molar-refractivity contribution >= 4 is 13.1 Å². The molecule has 0 spiro atoms. The van der Waals surface area contributed by atoms with Crippen LogP contribution < -0.4 is 0 Å². The second-order valence-electron chi connectivity index (χ2n) is 7.66.